The van der Waals surface area contributed by atoms with Gasteiger partial charge in [0.1, 0.15) is 11.2 Å². The third-order valence-electron chi connectivity index (χ3n) is 15.0. The van der Waals surface area contributed by atoms with Gasteiger partial charge in [0.25, 0.3) is 0 Å². The van der Waals surface area contributed by atoms with Crippen LogP contribution in [0.25, 0.3) is 55.0 Å². The van der Waals surface area contributed by atoms with E-state index in [1.54, 1.807) is 0 Å². The Bertz CT molecular complexity index is 3870. The third kappa shape index (κ3) is 5.34. The molecule has 318 valence electrons. The predicted molar refractivity (Wildman–Crippen MR) is 281 cm³/mol. The first-order chi connectivity index (χ1) is 33.7. The Kier molecular flexibility index (Phi) is 8.45. The number of benzene rings is 11. The molecule has 14 rings (SSSR count). The van der Waals surface area contributed by atoms with Crippen molar-refractivity contribution in [3.63, 3.8) is 0 Å². The van der Waals surface area contributed by atoms with E-state index in [1.165, 1.54) is 72.1 Å². The summed E-state index contributed by atoms with van der Waals surface area (Å²) in [6.45, 7) is 0. The highest BCUT2D eigenvalue weighted by atomic mass is 16.3. The Morgan fingerprint density at radius 1 is 0.279 bits per heavy atom. The van der Waals surface area contributed by atoms with Crippen LogP contribution < -0.4 is 4.90 Å². The molecule has 1 unspecified atom stereocenters. The van der Waals surface area contributed by atoms with Gasteiger partial charge < -0.3 is 9.32 Å². The highest BCUT2D eigenvalue weighted by Crippen LogP contribution is 2.60. The molecule has 0 saturated heterocycles. The topological polar surface area (TPSA) is 16.4 Å². The van der Waals surface area contributed by atoms with Gasteiger partial charge in [-0.1, -0.05) is 206 Å². The first-order valence-corrected chi connectivity index (χ1v) is 23.6. The Morgan fingerprint density at radius 2 is 0.750 bits per heavy atom. The van der Waals surface area contributed by atoms with E-state index in [0.29, 0.717) is 0 Å². The molecule has 0 saturated carbocycles. The van der Waals surface area contributed by atoms with Crippen molar-refractivity contribution in [2.75, 3.05) is 4.90 Å². The molecule has 2 aliphatic carbocycles. The number of fused-ring (bicyclic) bond motifs is 11. The Balaban J connectivity index is 1.03. The Labute approximate surface area is 395 Å². The molecule has 0 spiro atoms. The lowest BCUT2D eigenvalue weighted by Crippen LogP contribution is -2.29. The van der Waals surface area contributed by atoms with Crippen molar-refractivity contribution in [1.82, 2.24) is 0 Å². The van der Waals surface area contributed by atoms with E-state index in [4.69, 9.17) is 4.42 Å². The summed E-state index contributed by atoms with van der Waals surface area (Å²) in [4.78, 5) is 2.46. The van der Waals surface area contributed by atoms with Gasteiger partial charge in [-0.3, -0.25) is 0 Å². The van der Waals surface area contributed by atoms with E-state index < -0.39 is 10.8 Å². The van der Waals surface area contributed by atoms with E-state index in [0.717, 1.165) is 44.4 Å². The summed E-state index contributed by atoms with van der Waals surface area (Å²) in [5.74, 6) is 0. The highest BCUT2D eigenvalue weighted by molar-refractivity contribution is 6.15. The zero-order valence-corrected chi connectivity index (χ0v) is 37.2. The van der Waals surface area contributed by atoms with Crippen LogP contribution >= 0.6 is 0 Å². The van der Waals surface area contributed by atoms with Crippen LogP contribution in [0.4, 0.5) is 17.1 Å². The van der Waals surface area contributed by atoms with Crippen LogP contribution in [0.3, 0.4) is 0 Å². The summed E-state index contributed by atoms with van der Waals surface area (Å²) < 4.78 is 6.73. The lowest BCUT2D eigenvalue weighted by atomic mass is 9.67. The smallest absolute Gasteiger partial charge is 0.143 e. The van der Waals surface area contributed by atoms with E-state index >= 15 is 0 Å². The highest BCUT2D eigenvalue weighted by Gasteiger charge is 2.48. The molecule has 0 radical (unpaired) electrons. The molecule has 0 aliphatic heterocycles. The minimum Gasteiger partial charge on any atom is -0.455 e. The minimum atomic E-state index is -0.643. The van der Waals surface area contributed by atoms with Crippen LogP contribution in [0.5, 0.6) is 0 Å². The van der Waals surface area contributed by atoms with Crippen LogP contribution in [0.1, 0.15) is 44.5 Å². The molecular formula is C66H43NO. The molecule has 2 heteroatoms. The molecule has 1 atom stereocenters. The van der Waals surface area contributed by atoms with Gasteiger partial charge in [-0.05, 0) is 127 Å². The molecule has 68 heavy (non-hydrogen) atoms. The van der Waals surface area contributed by atoms with Crippen molar-refractivity contribution < 1.29 is 4.42 Å². The second-order valence-electron chi connectivity index (χ2n) is 18.3. The van der Waals surface area contributed by atoms with Crippen molar-refractivity contribution >= 4 is 49.8 Å². The van der Waals surface area contributed by atoms with Gasteiger partial charge in [-0.2, -0.15) is 0 Å². The number of anilines is 3. The van der Waals surface area contributed by atoms with Gasteiger partial charge in [-0.15, -0.1) is 0 Å². The zero-order chi connectivity index (χ0) is 44.8. The quantitative estimate of drug-likeness (QED) is 0.159. The normalized spacial score (nSPS) is 15.2. The van der Waals surface area contributed by atoms with E-state index in [2.05, 4.69) is 266 Å². The maximum Gasteiger partial charge on any atom is 0.143 e. The number of furan rings is 1. The zero-order valence-electron chi connectivity index (χ0n) is 37.2. The van der Waals surface area contributed by atoms with E-state index in [1.807, 2.05) is 0 Å². The molecule has 2 aliphatic rings. The van der Waals surface area contributed by atoms with E-state index in [9.17, 15) is 0 Å². The molecule has 0 bridgehead atoms. The van der Waals surface area contributed by atoms with Crippen molar-refractivity contribution in [2.45, 2.75) is 10.8 Å². The lowest BCUT2D eigenvalue weighted by molar-refractivity contribution is 0.672. The third-order valence-corrected chi connectivity index (χ3v) is 15.0. The molecule has 12 aromatic rings. The van der Waals surface area contributed by atoms with Crippen molar-refractivity contribution in [2.24, 2.45) is 0 Å². The minimum absolute atomic E-state index is 0.531. The molecule has 0 fully saturated rings. The number of rotatable bonds is 7. The van der Waals surface area contributed by atoms with Crippen LogP contribution in [0, 0.1) is 0 Å². The molecule has 0 N–H and O–H groups in total. The van der Waals surface area contributed by atoms with Crippen molar-refractivity contribution in [3.05, 3.63) is 305 Å². The lowest BCUT2D eigenvalue weighted by Gasteiger charge is -2.36. The summed E-state index contributed by atoms with van der Waals surface area (Å²) in [5.41, 5.74) is 18.9. The summed E-state index contributed by atoms with van der Waals surface area (Å²) in [6.07, 6.45) is 0. The van der Waals surface area contributed by atoms with E-state index in [-0.39, 0.29) is 0 Å². The Morgan fingerprint density at radius 3 is 1.32 bits per heavy atom. The summed E-state index contributed by atoms with van der Waals surface area (Å²) in [7, 11) is 0. The summed E-state index contributed by atoms with van der Waals surface area (Å²) >= 11 is 0. The molecule has 11 aromatic carbocycles. The van der Waals surface area contributed by atoms with Gasteiger partial charge in [0, 0.05) is 33.2 Å². The monoisotopic (exact) mass is 865 g/mol. The average Bonchev–Trinajstić information content (AvgIpc) is 4.04. The molecule has 1 aromatic heterocycles. The number of hydrogen-bond donors (Lipinski definition) is 0. The van der Waals surface area contributed by atoms with Gasteiger partial charge in [-0.25, -0.2) is 0 Å². The van der Waals surface area contributed by atoms with Gasteiger partial charge >= 0.3 is 0 Å². The van der Waals surface area contributed by atoms with Gasteiger partial charge in [0.2, 0.25) is 0 Å². The Hall–Kier alpha value is -8.72. The van der Waals surface area contributed by atoms with Crippen LogP contribution in [0.15, 0.2) is 265 Å². The average molecular weight is 866 g/mol. The number of para-hydroxylation sites is 1. The summed E-state index contributed by atoms with van der Waals surface area (Å²) in [6, 6.07) is 96.3. The summed E-state index contributed by atoms with van der Waals surface area (Å²) in [5, 5.41) is 4.54. The molecule has 2 nitrogen and oxygen atoms in total. The van der Waals surface area contributed by atoms with Crippen LogP contribution in [0.2, 0.25) is 0 Å². The standard InChI is InChI=1S/C66H43NO/c1-5-20-45(21-6-1)65(46-22-7-2-8-23-46)59-31-17-15-29-53(59)55-38-35-50(42-61(55)65)67(49-26-11-4-12-27-49)51-36-39-56-54-30-16-18-32-60(54)66(62(56)43-51,47-24-9-3-10-25-47)48-34-40-63-58(41-48)57-37-33-44-19-13-14-28-52(44)64(57)68-63/h1-43H. The fraction of sp³-hybridized carbons (Fsp3) is 0.0303. The van der Waals surface area contributed by atoms with Crippen molar-refractivity contribution in [1.29, 1.82) is 0 Å². The van der Waals surface area contributed by atoms with Crippen molar-refractivity contribution in [3.8, 4) is 22.3 Å². The number of nitrogens with zero attached hydrogens (tertiary/aromatic N) is 1. The maximum absolute atomic E-state index is 6.73. The van der Waals surface area contributed by atoms with Gasteiger partial charge in [0.05, 0.1) is 10.8 Å². The first kappa shape index (κ1) is 38.5. The predicted octanol–water partition coefficient (Wildman–Crippen LogP) is 16.9. The van der Waals surface area contributed by atoms with Gasteiger partial charge in [0.15, 0.2) is 0 Å². The van der Waals surface area contributed by atoms with Crippen LogP contribution in [-0.4, -0.2) is 0 Å². The second kappa shape index (κ2) is 14.9. The maximum atomic E-state index is 6.73. The second-order valence-corrected chi connectivity index (χ2v) is 18.3. The molecule has 1 heterocycles. The molecular weight excluding hydrogens is 823 g/mol. The number of hydrogen-bond acceptors (Lipinski definition) is 2. The molecule has 0 amide bonds. The fourth-order valence-corrected chi connectivity index (χ4v) is 12.2. The fourth-order valence-electron chi connectivity index (χ4n) is 12.2. The SMILES string of the molecule is c1ccc(N(c2ccc3c(c2)C(c2ccccc2)(c2ccccc2)c2ccccc2-3)c2ccc3c(c2)C(c2ccccc2)(c2ccc4oc5c6ccccc6ccc5c4c2)c2ccccc2-3)cc1. The first-order valence-electron chi connectivity index (χ1n) is 23.6. The largest absolute Gasteiger partial charge is 0.455 e. The van der Waals surface area contributed by atoms with Crippen LogP contribution in [-0.2, 0) is 10.8 Å².